The van der Waals surface area contributed by atoms with E-state index in [0.29, 0.717) is 26.4 Å². The second-order valence-corrected chi connectivity index (χ2v) is 8.60. The van der Waals surface area contributed by atoms with Crippen LogP contribution < -0.4 is 4.74 Å². The molecule has 31 heavy (non-hydrogen) atoms. The number of nitrogens with zero attached hydrogens (tertiary/aromatic N) is 1. The molecular weight excluding hydrogens is 486 g/mol. The Morgan fingerprint density at radius 2 is 1.87 bits per heavy atom. The van der Waals surface area contributed by atoms with Gasteiger partial charge in [0.05, 0.1) is 35.9 Å². The normalized spacial score (nSPS) is 18.1. The van der Waals surface area contributed by atoms with E-state index >= 15 is 0 Å². The zero-order chi connectivity index (χ0) is 22.7. The lowest BCUT2D eigenvalue weighted by Gasteiger charge is -2.25. The highest BCUT2D eigenvalue weighted by Crippen LogP contribution is 2.40. The Labute approximate surface area is 194 Å². The first kappa shape index (κ1) is 23.3. The van der Waals surface area contributed by atoms with Crippen LogP contribution in [0.15, 0.2) is 52.5 Å². The molecule has 2 aromatic carbocycles. The molecule has 0 bridgehead atoms. The molecular formula is C23H23BrClNO5. The Bertz CT molecular complexity index is 1020. The largest absolute Gasteiger partial charge is 0.507 e. The van der Waals surface area contributed by atoms with Crippen LogP contribution in [0.2, 0.25) is 5.02 Å². The van der Waals surface area contributed by atoms with Crippen LogP contribution in [0.25, 0.3) is 5.76 Å². The standard InChI is InChI=1S/C23H23BrClNO5/c1-13(2)31-11-10-26-20(14-4-7-16(25)8-5-14)19(22(28)23(26)29)21(27)15-6-9-18(30-3)17(24)12-15/h4-9,12-13,20,27H,10-11H2,1-3H3/b21-19-. The summed E-state index contributed by atoms with van der Waals surface area (Å²) in [6.07, 6.45) is -0.0116. The molecule has 1 heterocycles. The molecule has 1 saturated heterocycles. The number of hydrogen-bond donors (Lipinski definition) is 1. The van der Waals surface area contributed by atoms with Crippen LogP contribution in [0.3, 0.4) is 0 Å². The van der Waals surface area contributed by atoms with E-state index in [1.54, 1.807) is 42.5 Å². The third-order valence-electron chi connectivity index (χ3n) is 4.93. The maximum absolute atomic E-state index is 13.0. The topological polar surface area (TPSA) is 76.1 Å². The molecule has 1 fully saturated rings. The van der Waals surface area contributed by atoms with Gasteiger partial charge in [-0.25, -0.2) is 0 Å². The van der Waals surface area contributed by atoms with E-state index in [1.165, 1.54) is 12.0 Å². The highest BCUT2D eigenvalue weighted by atomic mass is 79.9. The molecule has 1 unspecified atom stereocenters. The number of likely N-dealkylation sites (tertiary alicyclic amines) is 1. The maximum atomic E-state index is 13.0. The summed E-state index contributed by atoms with van der Waals surface area (Å²) in [6, 6.07) is 11.0. The van der Waals surface area contributed by atoms with Crippen LogP contribution in [0.5, 0.6) is 5.75 Å². The van der Waals surface area contributed by atoms with Gasteiger partial charge in [0, 0.05) is 17.1 Å². The first-order valence-electron chi connectivity index (χ1n) is 9.74. The summed E-state index contributed by atoms with van der Waals surface area (Å²) in [5.41, 5.74) is 1.08. The van der Waals surface area contributed by atoms with Crippen LogP contribution in [0.1, 0.15) is 31.0 Å². The maximum Gasteiger partial charge on any atom is 0.295 e. The fourth-order valence-corrected chi connectivity index (χ4v) is 4.12. The fourth-order valence-electron chi connectivity index (χ4n) is 3.46. The predicted molar refractivity (Wildman–Crippen MR) is 122 cm³/mol. The Kier molecular flexibility index (Phi) is 7.41. The van der Waals surface area contributed by atoms with Gasteiger partial charge in [-0.05, 0) is 65.7 Å². The molecule has 6 nitrogen and oxygen atoms in total. The van der Waals surface area contributed by atoms with Crippen molar-refractivity contribution in [3.63, 3.8) is 0 Å². The van der Waals surface area contributed by atoms with E-state index in [1.807, 2.05) is 13.8 Å². The van der Waals surface area contributed by atoms with Gasteiger partial charge in [0.2, 0.25) is 0 Å². The number of methoxy groups -OCH3 is 1. The highest BCUT2D eigenvalue weighted by molar-refractivity contribution is 9.10. The van der Waals surface area contributed by atoms with E-state index in [9.17, 15) is 14.7 Å². The molecule has 0 radical (unpaired) electrons. The SMILES string of the molecule is COc1ccc(/C(O)=C2/C(=O)C(=O)N(CCOC(C)C)C2c2ccc(Cl)cc2)cc1Br. The molecule has 1 aliphatic heterocycles. The van der Waals surface area contributed by atoms with E-state index in [2.05, 4.69) is 15.9 Å². The number of hydrogen-bond acceptors (Lipinski definition) is 5. The number of aliphatic hydroxyl groups is 1. The number of halogens is 2. The molecule has 1 atom stereocenters. The number of rotatable bonds is 7. The van der Waals surface area contributed by atoms with E-state index in [4.69, 9.17) is 21.1 Å². The van der Waals surface area contributed by atoms with Crippen molar-refractivity contribution in [2.75, 3.05) is 20.3 Å². The quantitative estimate of drug-likeness (QED) is 0.325. The van der Waals surface area contributed by atoms with Crippen molar-refractivity contribution in [2.45, 2.75) is 26.0 Å². The Hall–Kier alpha value is -2.35. The smallest absolute Gasteiger partial charge is 0.295 e. The van der Waals surface area contributed by atoms with Gasteiger partial charge in [0.25, 0.3) is 11.7 Å². The van der Waals surface area contributed by atoms with Crippen LogP contribution in [0.4, 0.5) is 0 Å². The summed E-state index contributed by atoms with van der Waals surface area (Å²) >= 11 is 9.41. The lowest BCUT2D eigenvalue weighted by atomic mass is 9.95. The molecule has 3 rings (SSSR count). The van der Waals surface area contributed by atoms with Gasteiger partial charge in [-0.3, -0.25) is 9.59 Å². The minimum absolute atomic E-state index is 0.0116. The van der Waals surface area contributed by atoms with Gasteiger partial charge in [-0.2, -0.15) is 0 Å². The number of benzene rings is 2. The second-order valence-electron chi connectivity index (χ2n) is 7.31. The molecule has 0 aliphatic carbocycles. The predicted octanol–water partition coefficient (Wildman–Crippen LogP) is 4.96. The van der Waals surface area contributed by atoms with Crippen molar-refractivity contribution in [3.05, 3.63) is 68.7 Å². The number of ether oxygens (including phenoxy) is 2. The summed E-state index contributed by atoms with van der Waals surface area (Å²) < 4.78 is 11.4. The van der Waals surface area contributed by atoms with Gasteiger partial charge in [0.15, 0.2) is 0 Å². The molecule has 1 N–H and O–H groups in total. The Balaban J connectivity index is 2.10. The number of Topliss-reactive ketones (excluding diaryl/α,β-unsaturated/α-hetero) is 1. The van der Waals surface area contributed by atoms with Gasteiger partial charge < -0.3 is 19.5 Å². The van der Waals surface area contributed by atoms with Crippen molar-refractivity contribution in [2.24, 2.45) is 0 Å². The average Bonchev–Trinajstić information content (AvgIpc) is 2.98. The molecule has 2 aromatic rings. The summed E-state index contributed by atoms with van der Waals surface area (Å²) in [5.74, 6) is -1.10. The van der Waals surface area contributed by atoms with Gasteiger partial charge in [-0.1, -0.05) is 23.7 Å². The zero-order valence-corrected chi connectivity index (χ0v) is 19.7. The summed E-state index contributed by atoms with van der Waals surface area (Å²) in [4.78, 5) is 27.3. The summed E-state index contributed by atoms with van der Waals surface area (Å²) in [5, 5.41) is 11.6. The highest BCUT2D eigenvalue weighted by Gasteiger charge is 2.45. The van der Waals surface area contributed by atoms with Gasteiger partial charge in [0.1, 0.15) is 11.5 Å². The van der Waals surface area contributed by atoms with Crippen molar-refractivity contribution in [1.82, 2.24) is 4.90 Å². The molecule has 1 amide bonds. The molecule has 1 aliphatic rings. The summed E-state index contributed by atoms with van der Waals surface area (Å²) in [7, 11) is 1.53. The van der Waals surface area contributed by atoms with Gasteiger partial charge >= 0.3 is 0 Å². The fraction of sp³-hybridized carbons (Fsp3) is 0.304. The van der Waals surface area contributed by atoms with Crippen LogP contribution in [-0.4, -0.2) is 48.1 Å². The van der Waals surface area contributed by atoms with Crippen molar-refractivity contribution < 1.29 is 24.2 Å². The lowest BCUT2D eigenvalue weighted by molar-refractivity contribution is -0.140. The van der Waals surface area contributed by atoms with E-state index in [0.717, 1.165) is 0 Å². The number of carbonyl (C=O) groups is 2. The van der Waals surface area contributed by atoms with Crippen molar-refractivity contribution in [1.29, 1.82) is 0 Å². The zero-order valence-electron chi connectivity index (χ0n) is 17.4. The van der Waals surface area contributed by atoms with E-state index in [-0.39, 0.29) is 30.6 Å². The summed E-state index contributed by atoms with van der Waals surface area (Å²) in [6.45, 7) is 4.26. The molecule has 0 saturated carbocycles. The third-order valence-corrected chi connectivity index (χ3v) is 5.81. The second kappa shape index (κ2) is 9.85. The number of ketones is 1. The van der Waals surface area contributed by atoms with Crippen LogP contribution in [0, 0.1) is 0 Å². The average molecular weight is 509 g/mol. The van der Waals surface area contributed by atoms with E-state index < -0.39 is 17.7 Å². The molecule has 0 aromatic heterocycles. The minimum atomic E-state index is -0.756. The van der Waals surface area contributed by atoms with Crippen LogP contribution >= 0.6 is 27.5 Å². The number of carbonyl (C=O) groups excluding carboxylic acids is 2. The molecule has 164 valence electrons. The Morgan fingerprint density at radius 3 is 2.45 bits per heavy atom. The van der Waals surface area contributed by atoms with Crippen molar-refractivity contribution >= 4 is 45.0 Å². The molecule has 0 spiro atoms. The monoisotopic (exact) mass is 507 g/mol. The molecule has 8 heteroatoms. The van der Waals surface area contributed by atoms with Crippen molar-refractivity contribution in [3.8, 4) is 5.75 Å². The minimum Gasteiger partial charge on any atom is -0.507 e. The first-order valence-corrected chi connectivity index (χ1v) is 10.9. The van der Waals surface area contributed by atoms with Gasteiger partial charge in [-0.15, -0.1) is 0 Å². The third kappa shape index (κ3) is 4.95. The van der Waals surface area contributed by atoms with Crippen LogP contribution in [-0.2, 0) is 14.3 Å². The number of amides is 1. The Morgan fingerprint density at radius 1 is 1.19 bits per heavy atom. The first-order chi connectivity index (χ1) is 14.7. The number of aliphatic hydroxyl groups excluding tert-OH is 1. The lowest BCUT2D eigenvalue weighted by Crippen LogP contribution is -2.33.